The van der Waals surface area contributed by atoms with E-state index in [1.807, 2.05) is 14.1 Å². The fourth-order valence-electron chi connectivity index (χ4n) is 0.554. The van der Waals surface area contributed by atoms with E-state index in [0.717, 1.165) is 0 Å². The Morgan fingerprint density at radius 2 is 2.15 bits per heavy atom. The summed E-state index contributed by atoms with van der Waals surface area (Å²) in [7, 11) is 3.74. The predicted octanol–water partition coefficient (Wildman–Crippen LogP) is 0.773. The molecular formula is C10H16NO2+. The molecule has 0 atom stereocenters. The molecule has 0 aromatic rings. The van der Waals surface area contributed by atoms with Crippen LogP contribution in [0.25, 0.3) is 0 Å². The number of hydrogen-bond acceptors (Lipinski definition) is 2. The van der Waals surface area contributed by atoms with Crippen LogP contribution in [0.1, 0.15) is 6.92 Å². The van der Waals surface area contributed by atoms with Gasteiger partial charge in [-0.25, -0.2) is 9.28 Å². The maximum absolute atomic E-state index is 10.9. The first-order chi connectivity index (χ1) is 5.89. The molecule has 0 N–H and O–H groups in total. The van der Waals surface area contributed by atoms with Crippen molar-refractivity contribution in [2.75, 3.05) is 27.2 Å². The van der Waals surface area contributed by atoms with Gasteiger partial charge in [-0.2, -0.15) is 0 Å². The number of hydrogen-bond donors (Lipinski definition) is 0. The number of carbonyl (C=O) groups is 1. The first-order valence-electron chi connectivity index (χ1n) is 4.02. The van der Waals surface area contributed by atoms with Crippen LogP contribution in [0, 0.1) is 12.5 Å². The summed E-state index contributed by atoms with van der Waals surface area (Å²) >= 11 is 0. The summed E-state index contributed by atoms with van der Waals surface area (Å²) in [6.45, 7) is 6.01. The van der Waals surface area contributed by atoms with Crippen LogP contribution in [-0.2, 0) is 9.53 Å². The van der Waals surface area contributed by atoms with Gasteiger partial charge in [-0.1, -0.05) is 13.0 Å². The molecule has 0 fully saturated rings. The Morgan fingerprint density at radius 1 is 1.62 bits per heavy atom. The summed E-state index contributed by atoms with van der Waals surface area (Å²) in [4.78, 5) is 10.9. The third kappa shape index (κ3) is 5.05. The highest BCUT2D eigenvalue weighted by atomic mass is 16.5. The van der Waals surface area contributed by atoms with Gasteiger partial charge < -0.3 is 4.74 Å². The quantitative estimate of drug-likeness (QED) is 0.278. The SMILES string of the molecule is C#C[N+](C)(C)CCOC(=O)C(=C)C. The van der Waals surface area contributed by atoms with E-state index >= 15 is 0 Å². The molecule has 72 valence electrons. The minimum absolute atomic E-state index is 0.322. The molecule has 3 nitrogen and oxygen atoms in total. The van der Waals surface area contributed by atoms with Crippen molar-refractivity contribution in [3.8, 4) is 12.5 Å². The third-order valence-corrected chi connectivity index (χ3v) is 1.58. The summed E-state index contributed by atoms with van der Waals surface area (Å²) in [5.41, 5.74) is 0.408. The Balaban J connectivity index is 3.77. The number of nitrogens with zero attached hydrogens (tertiary/aromatic N) is 1. The van der Waals surface area contributed by atoms with Gasteiger partial charge in [-0.15, -0.1) is 0 Å². The zero-order valence-corrected chi connectivity index (χ0v) is 8.46. The predicted molar refractivity (Wildman–Crippen MR) is 51.6 cm³/mol. The summed E-state index contributed by atoms with van der Waals surface area (Å²) in [5, 5.41) is 0. The lowest BCUT2D eigenvalue weighted by Crippen LogP contribution is -2.37. The van der Waals surface area contributed by atoms with Crippen LogP contribution in [0.15, 0.2) is 12.2 Å². The minimum Gasteiger partial charge on any atom is -0.456 e. The van der Waals surface area contributed by atoms with Gasteiger partial charge in [0.15, 0.2) is 0 Å². The second kappa shape index (κ2) is 4.68. The summed E-state index contributed by atoms with van der Waals surface area (Å²) in [6, 6.07) is 2.57. The van der Waals surface area contributed by atoms with Crippen molar-refractivity contribution in [2.24, 2.45) is 0 Å². The number of terminal acetylenes is 1. The molecule has 0 aromatic heterocycles. The molecule has 0 saturated heterocycles. The van der Waals surface area contributed by atoms with Gasteiger partial charge >= 0.3 is 5.97 Å². The molecular weight excluding hydrogens is 166 g/mol. The molecule has 0 aliphatic rings. The lowest BCUT2D eigenvalue weighted by Gasteiger charge is -2.20. The first kappa shape index (κ1) is 11.7. The Labute approximate surface area is 79.6 Å². The molecule has 0 aliphatic heterocycles. The molecule has 0 unspecified atom stereocenters. The smallest absolute Gasteiger partial charge is 0.333 e. The Hall–Kier alpha value is -1.27. The third-order valence-electron chi connectivity index (χ3n) is 1.58. The highest BCUT2D eigenvalue weighted by molar-refractivity contribution is 5.86. The number of esters is 1. The van der Waals surface area contributed by atoms with Crippen LogP contribution < -0.4 is 0 Å². The van der Waals surface area contributed by atoms with Crippen molar-refractivity contribution in [3.63, 3.8) is 0 Å². The van der Waals surface area contributed by atoms with Crippen LogP contribution in [0.3, 0.4) is 0 Å². The zero-order chi connectivity index (χ0) is 10.5. The van der Waals surface area contributed by atoms with Crippen molar-refractivity contribution >= 4 is 5.97 Å². The van der Waals surface area contributed by atoms with Crippen molar-refractivity contribution in [2.45, 2.75) is 6.92 Å². The van der Waals surface area contributed by atoms with Gasteiger partial charge in [0.1, 0.15) is 19.2 Å². The van der Waals surface area contributed by atoms with E-state index in [2.05, 4.69) is 12.6 Å². The highest BCUT2D eigenvalue weighted by Gasteiger charge is 2.12. The zero-order valence-electron chi connectivity index (χ0n) is 8.46. The van der Waals surface area contributed by atoms with Gasteiger partial charge in [0, 0.05) is 5.57 Å². The van der Waals surface area contributed by atoms with Crippen molar-refractivity contribution < 1.29 is 14.0 Å². The van der Waals surface area contributed by atoms with Crippen LogP contribution >= 0.6 is 0 Å². The van der Waals surface area contributed by atoms with E-state index < -0.39 is 0 Å². The van der Waals surface area contributed by atoms with Gasteiger partial charge in [0.05, 0.1) is 14.1 Å². The standard InChI is InChI=1S/C10H16NO2/c1-6-11(4,5)7-8-13-10(12)9(2)3/h1H,2,7-8H2,3-5H3/q+1. The van der Waals surface area contributed by atoms with Crippen LogP contribution in [0.2, 0.25) is 0 Å². The van der Waals surface area contributed by atoms with Crippen molar-refractivity contribution in [3.05, 3.63) is 12.2 Å². The molecule has 0 amide bonds. The molecule has 0 heterocycles. The number of likely N-dealkylation sites (N-methyl/N-ethyl adjacent to an activating group) is 1. The van der Waals surface area contributed by atoms with E-state index in [9.17, 15) is 4.79 Å². The van der Waals surface area contributed by atoms with E-state index in [-0.39, 0.29) is 5.97 Å². The number of rotatable bonds is 4. The minimum atomic E-state index is -0.364. The van der Waals surface area contributed by atoms with Gasteiger partial charge in [-0.3, -0.25) is 0 Å². The fraction of sp³-hybridized carbons (Fsp3) is 0.500. The van der Waals surface area contributed by atoms with E-state index in [4.69, 9.17) is 11.2 Å². The first-order valence-corrected chi connectivity index (χ1v) is 4.02. The lowest BCUT2D eigenvalue weighted by atomic mass is 10.4. The van der Waals surface area contributed by atoms with Crippen LogP contribution in [-0.4, -0.2) is 37.7 Å². The van der Waals surface area contributed by atoms with Crippen molar-refractivity contribution in [1.82, 2.24) is 0 Å². The molecule has 0 bridgehead atoms. The Bertz CT molecular complexity index is 248. The number of ether oxygens (including phenoxy) is 1. The van der Waals surface area contributed by atoms with E-state index in [0.29, 0.717) is 23.2 Å². The highest BCUT2D eigenvalue weighted by Crippen LogP contribution is 1.96. The maximum atomic E-state index is 10.9. The molecule has 13 heavy (non-hydrogen) atoms. The number of carbonyl (C=O) groups excluding carboxylic acids is 1. The topological polar surface area (TPSA) is 26.3 Å². The molecule has 0 rings (SSSR count). The van der Waals surface area contributed by atoms with Gasteiger partial charge in [0.2, 0.25) is 0 Å². The Morgan fingerprint density at radius 3 is 2.54 bits per heavy atom. The van der Waals surface area contributed by atoms with Crippen LogP contribution in [0.4, 0.5) is 0 Å². The summed E-state index contributed by atoms with van der Waals surface area (Å²) in [6.07, 6.45) is 5.25. The molecule has 0 aromatic carbocycles. The normalized spacial score (nSPS) is 10.3. The van der Waals surface area contributed by atoms with Gasteiger partial charge in [-0.05, 0) is 6.92 Å². The fourth-order valence-corrected chi connectivity index (χ4v) is 0.554. The monoisotopic (exact) mass is 182 g/mol. The second-order valence-electron chi connectivity index (χ2n) is 3.45. The van der Waals surface area contributed by atoms with Crippen molar-refractivity contribution in [1.29, 1.82) is 0 Å². The molecule has 0 spiro atoms. The summed E-state index contributed by atoms with van der Waals surface area (Å²) < 4.78 is 5.28. The molecule has 0 saturated carbocycles. The average Bonchev–Trinajstić information content (AvgIpc) is 2.04. The Kier molecular flexibility index (Phi) is 4.22. The maximum Gasteiger partial charge on any atom is 0.333 e. The van der Waals surface area contributed by atoms with E-state index in [1.165, 1.54) is 0 Å². The number of quaternary nitrogens is 1. The largest absolute Gasteiger partial charge is 0.456 e. The lowest BCUT2D eigenvalue weighted by molar-refractivity contribution is -0.822. The van der Waals surface area contributed by atoms with E-state index in [1.54, 1.807) is 6.92 Å². The molecule has 0 radical (unpaired) electrons. The molecule has 3 heteroatoms. The van der Waals surface area contributed by atoms with Crippen LogP contribution in [0.5, 0.6) is 0 Å². The van der Waals surface area contributed by atoms with Gasteiger partial charge in [0.25, 0.3) is 0 Å². The second-order valence-corrected chi connectivity index (χ2v) is 3.45. The summed E-state index contributed by atoms with van der Waals surface area (Å²) in [5.74, 6) is -0.364. The average molecular weight is 182 g/mol. The molecule has 0 aliphatic carbocycles.